The van der Waals surface area contributed by atoms with Gasteiger partial charge in [-0.2, -0.15) is 0 Å². The van der Waals surface area contributed by atoms with Crippen molar-refractivity contribution in [1.82, 2.24) is 0 Å². The molecule has 0 bridgehead atoms. The number of hydrogen-bond donors (Lipinski definition) is 2. The van der Waals surface area contributed by atoms with Crippen LogP contribution in [0.1, 0.15) is 84.4 Å². The molecule has 33 heavy (non-hydrogen) atoms. The van der Waals surface area contributed by atoms with E-state index in [-0.39, 0.29) is 22.1 Å². The first-order valence-corrected chi connectivity index (χ1v) is 11.6. The normalized spacial score (nSPS) is 13.0. The molecule has 0 saturated heterocycles. The summed E-state index contributed by atoms with van der Waals surface area (Å²) >= 11 is 0. The molecule has 0 aliphatic carbocycles. The molecule has 1 amide bonds. The molecular formula is C27H37F2NO3. The lowest BCUT2D eigenvalue weighted by Crippen LogP contribution is -2.33. The van der Waals surface area contributed by atoms with Gasteiger partial charge in [-0.3, -0.25) is 4.79 Å². The first-order chi connectivity index (χ1) is 15.3. The van der Waals surface area contributed by atoms with E-state index in [9.17, 15) is 18.7 Å². The zero-order valence-corrected chi connectivity index (χ0v) is 21.0. The summed E-state index contributed by atoms with van der Waals surface area (Å²) in [4.78, 5) is 12.9. The topological polar surface area (TPSA) is 58.6 Å². The van der Waals surface area contributed by atoms with Crippen LogP contribution in [-0.4, -0.2) is 17.1 Å². The average molecular weight is 462 g/mol. The molecule has 0 spiro atoms. The lowest BCUT2D eigenvalue weighted by molar-refractivity contribution is -0.122. The molecule has 0 aromatic heterocycles. The van der Waals surface area contributed by atoms with Crippen LogP contribution in [0, 0.1) is 18.6 Å². The lowest BCUT2D eigenvalue weighted by atomic mass is 9.76. The number of phenols is 1. The summed E-state index contributed by atoms with van der Waals surface area (Å²) in [6.45, 7) is 15.9. The van der Waals surface area contributed by atoms with Crippen LogP contribution in [0.3, 0.4) is 0 Å². The molecule has 2 aromatic rings. The maximum atomic E-state index is 14.0. The van der Waals surface area contributed by atoms with Crippen molar-refractivity contribution in [1.29, 1.82) is 0 Å². The predicted molar refractivity (Wildman–Crippen MR) is 129 cm³/mol. The van der Waals surface area contributed by atoms with Gasteiger partial charge in [0.15, 0.2) is 17.7 Å². The molecule has 0 fully saturated rings. The number of anilines is 1. The number of carbonyl (C=O) groups excluding carboxylic acids is 1. The van der Waals surface area contributed by atoms with Crippen LogP contribution in [0.4, 0.5) is 14.5 Å². The number of nitrogens with one attached hydrogen (secondary N) is 1. The molecule has 0 saturated carbocycles. The van der Waals surface area contributed by atoms with E-state index in [1.54, 1.807) is 6.92 Å². The average Bonchev–Trinajstić information content (AvgIpc) is 2.79. The molecule has 1 unspecified atom stereocenters. The summed E-state index contributed by atoms with van der Waals surface area (Å²) in [5.41, 5.74) is 1.38. The number of aromatic hydroxyl groups is 1. The number of carbonyl (C=O) groups is 1. The number of phenolic OH excluding ortho intramolecular Hbond substituents is 1. The van der Waals surface area contributed by atoms with Gasteiger partial charge in [-0.25, -0.2) is 8.78 Å². The number of ether oxygens (including phenoxy) is 1. The van der Waals surface area contributed by atoms with E-state index in [0.29, 0.717) is 12.2 Å². The summed E-state index contributed by atoms with van der Waals surface area (Å²) in [5, 5.41) is 12.4. The number of benzene rings is 2. The maximum Gasteiger partial charge on any atom is 0.265 e. The fourth-order valence-electron chi connectivity index (χ4n) is 3.47. The zero-order valence-electron chi connectivity index (χ0n) is 21.0. The molecule has 2 aromatic carbocycles. The van der Waals surface area contributed by atoms with Gasteiger partial charge in [-0.05, 0) is 48.6 Å². The second kappa shape index (κ2) is 10.1. The van der Waals surface area contributed by atoms with Crippen molar-refractivity contribution in [3.05, 3.63) is 52.6 Å². The maximum absolute atomic E-state index is 14.0. The Morgan fingerprint density at radius 1 is 1.06 bits per heavy atom. The van der Waals surface area contributed by atoms with Gasteiger partial charge >= 0.3 is 0 Å². The highest BCUT2D eigenvalue weighted by Gasteiger charge is 2.29. The summed E-state index contributed by atoms with van der Waals surface area (Å²) in [7, 11) is 0. The Bertz CT molecular complexity index is 1010. The first-order valence-electron chi connectivity index (χ1n) is 11.6. The number of rotatable bonds is 9. The van der Waals surface area contributed by atoms with E-state index < -0.39 is 29.4 Å². The van der Waals surface area contributed by atoms with E-state index in [1.165, 1.54) is 12.5 Å². The zero-order chi connectivity index (χ0) is 25.1. The van der Waals surface area contributed by atoms with Crippen molar-refractivity contribution in [3.8, 4) is 11.5 Å². The smallest absolute Gasteiger partial charge is 0.265 e. The standard InChI is InChI=1S/C27H37F2NO3/c1-9-21(25(32)30-20-15-19(28)16(4)23(29)24(20)31)33-22-13-12-17(26(5,6)10-2)14-18(22)27(7,8)11-3/h12-15,21,31H,9-11H2,1-8H3,(H,30,32). The van der Waals surface area contributed by atoms with Crippen molar-refractivity contribution < 1.29 is 23.4 Å². The van der Waals surface area contributed by atoms with E-state index in [0.717, 1.165) is 24.5 Å². The minimum atomic E-state index is -1.10. The molecular weight excluding hydrogens is 424 g/mol. The molecule has 4 nitrogen and oxygen atoms in total. The van der Waals surface area contributed by atoms with Crippen LogP contribution in [0.25, 0.3) is 0 Å². The Labute approximate surface area is 196 Å². The van der Waals surface area contributed by atoms with E-state index in [1.807, 2.05) is 12.1 Å². The largest absolute Gasteiger partial charge is 0.503 e. The number of halogens is 2. The Kier molecular flexibility index (Phi) is 8.15. The summed E-state index contributed by atoms with van der Waals surface area (Å²) in [5.74, 6) is -2.73. The van der Waals surface area contributed by atoms with Crippen LogP contribution in [0.2, 0.25) is 0 Å². The minimum Gasteiger partial charge on any atom is -0.503 e. The van der Waals surface area contributed by atoms with Crippen LogP contribution >= 0.6 is 0 Å². The van der Waals surface area contributed by atoms with Gasteiger partial charge in [0.25, 0.3) is 5.91 Å². The van der Waals surface area contributed by atoms with Crippen LogP contribution in [0.5, 0.6) is 11.5 Å². The molecule has 6 heteroatoms. The second-order valence-corrected chi connectivity index (χ2v) is 9.88. The molecule has 2 rings (SSSR count). The Morgan fingerprint density at radius 3 is 2.21 bits per heavy atom. The quantitative estimate of drug-likeness (QED) is 0.390. The minimum absolute atomic E-state index is 0.00422. The molecule has 182 valence electrons. The van der Waals surface area contributed by atoms with Gasteiger partial charge in [0.1, 0.15) is 11.6 Å². The van der Waals surface area contributed by atoms with Crippen LogP contribution in [0.15, 0.2) is 24.3 Å². The van der Waals surface area contributed by atoms with Crippen molar-refractivity contribution in [3.63, 3.8) is 0 Å². The third-order valence-corrected chi connectivity index (χ3v) is 6.87. The van der Waals surface area contributed by atoms with E-state index in [2.05, 4.69) is 52.9 Å². The second-order valence-electron chi connectivity index (χ2n) is 9.88. The first kappa shape index (κ1) is 26.6. The van der Waals surface area contributed by atoms with Crippen molar-refractivity contribution in [2.75, 3.05) is 5.32 Å². The fourth-order valence-corrected chi connectivity index (χ4v) is 3.47. The Balaban J connectivity index is 2.40. The Morgan fingerprint density at radius 2 is 1.67 bits per heavy atom. The fraction of sp³-hybridized carbons (Fsp3) is 0.519. The third kappa shape index (κ3) is 5.66. The van der Waals surface area contributed by atoms with Gasteiger partial charge in [0.2, 0.25) is 0 Å². The number of hydrogen-bond acceptors (Lipinski definition) is 3. The highest BCUT2D eigenvalue weighted by atomic mass is 19.1. The van der Waals surface area contributed by atoms with Crippen molar-refractivity contribution in [2.24, 2.45) is 0 Å². The van der Waals surface area contributed by atoms with Crippen LogP contribution in [-0.2, 0) is 15.6 Å². The number of amides is 1. The summed E-state index contributed by atoms with van der Waals surface area (Å²) < 4.78 is 34.2. The monoisotopic (exact) mass is 461 g/mol. The van der Waals surface area contributed by atoms with Gasteiger partial charge < -0.3 is 15.2 Å². The molecule has 0 aliphatic heterocycles. The summed E-state index contributed by atoms with van der Waals surface area (Å²) in [6.07, 6.45) is 1.27. The van der Waals surface area contributed by atoms with Crippen LogP contribution < -0.4 is 10.1 Å². The van der Waals surface area contributed by atoms with E-state index in [4.69, 9.17) is 4.74 Å². The van der Waals surface area contributed by atoms with Gasteiger partial charge in [-0.1, -0.05) is 60.6 Å². The third-order valence-electron chi connectivity index (χ3n) is 6.87. The molecule has 0 radical (unpaired) electrons. The van der Waals surface area contributed by atoms with Gasteiger partial charge in [-0.15, -0.1) is 0 Å². The highest BCUT2D eigenvalue weighted by molar-refractivity contribution is 5.95. The van der Waals surface area contributed by atoms with Gasteiger partial charge in [0, 0.05) is 17.2 Å². The highest BCUT2D eigenvalue weighted by Crippen LogP contribution is 2.39. The van der Waals surface area contributed by atoms with Crippen molar-refractivity contribution >= 4 is 11.6 Å². The van der Waals surface area contributed by atoms with Crippen molar-refractivity contribution in [2.45, 2.75) is 91.6 Å². The molecule has 0 aliphatic rings. The summed E-state index contributed by atoms with van der Waals surface area (Å²) in [6, 6.07) is 6.99. The molecule has 1 atom stereocenters. The lowest BCUT2D eigenvalue weighted by Gasteiger charge is -2.31. The van der Waals surface area contributed by atoms with E-state index >= 15 is 0 Å². The molecule has 2 N–H and O–H groups in total. The van der Waals surface area contributed by atoms with Gasteiger partial charge in [0.05, 0.1) is 5.69 Å². The SMILES string of the molecule is CCC(Oc1ccc(C(C)(C)CC)cc1C(C)(C)CC)C(=O)Nc1cc(F)c(C)c(F)c1O. The molecule has 0 heterocycles. The predicted octanol–water partition coefficient (Wildman–Crippen LogP) is 7.15. The Hall–Kier alpha value is -2.63.